The molecule has 0 spiro atoms. The van der Waals surface area contributed by atoms with Crippen molar-refractivity contribution in [3.8, 4) is 0 Å². The molecule has 0 aliphatic carbocycles. The van der Waals surface area contributed by atoms with E-state index < -0.39 is 29.4 Å². The van der Waals surface area contributed by atoms with E-state index in [2.05, 4.69) is 15.9 Å². The van der Waals surface area contributed by atoms with Crippen LogP contribution in [0.2, 0.25) is 0 Å². The second kappa shape index (κ2) is 5.73. The third-order valence-electron chi connectivity index (χ3n) is 2.95. The van der Waals surface area contributed by atoms with Crippen molar-refractivity contribution >= 4 is 15.9 Å². The minimum atomic E-state index is -4.84. The summed E-state index contributed by atoms with van der Waals surface area (Å²) in [5, 5.41) is 0. The maximum absolute atomic E-state index is 13.8. The zero-order valence-corrected chi connectivity index (χ0v) is 12.0. The van der Waals surface area contributed by atoms with Crippen molar-refractivity contribution in [3.63, 3.8) is 0 Å². The fourth-order valence-corrected chi connectivity index (χ4v) is 2.22. The fourth-order valence-electron chi connectivity index (χ4n) is 1.89. The van der Waals surface area contributed by atoms with Crippen molar-refractivity contribution in [2.45, 2.75) is 12.2 Å². The number of hydrogen-bond donors (Lipinski definition) is 1. The van der Waals surface area contributed by atoms with Gasteiger partial charge in [-0.15, -0.1) is 0 Å². The third-order valence-corrected chi connectivity index (χ3v) is 3.45. The van der Waals surface area contributed by atoms with Gasteiger partial charge in [0, 0.05) is 10.0 Å². The van der Waals surface area contributed by atoms with Gasteiger partial charge >= 0.3 is 6.18 Å². The van der Waals surface area contributed by atoms with Crippen LogP contribution in [0.5, 0.6) is 0 Å². The first-order chi connectivity index (χ1) is 9.70. The molecular weight excluding hydrogens is 357 g/mol. The molecule has 1 unspecified atom stereocenters. The van der Waals surface area contributed by atoms with Crippen LogP contribution in [0.3, 0.4) is 0 Å². The molecule has 0 bridgehead atoms. The molecular formula is C14H9BrF5N. The summed E-state index contributed by atoms with van der Waals surface area (Å²) in [5.41, 5.74) is 4.36. The Bertz CT molecular complexity index is 669. The summed E-state index contributed by atoms with van der Waals surface area (Å²) in [7, 11) is 0. The molecule has 1 atom stereocenters. The van der Waals surface area contributed by atoms with Crippen LogP contribution in [0, 0.1) is 11.6 Å². The van der Waals surface area contributed by atoms with Gasteiger partial charge in [0.25, 0.3) is 0 Å². The van der Waals surface area contributed by atoms with Crippen LogP contribution < -0.4 is 5.73 Å². The number of alkyl halides is 3. The SMILES string of the molecule is NC(c1ccc(F)c(C(F)(F)F)c1)c1ccc(Br)cc1F. The summed E-state index contributed by atoms with van der Waals surface area (Å²) in [6.45, 7) is 0. The van der Waals surface area contributed by atoms with Gasteiger partial charge in [-0.25, -0.2) is 8.78 Å². The van der Waals surface area contributed by atoms with Crippen molar-refractivity contribution in [1.82, 2.24) is 0 Å². The Kier molecular flexibility index (Phi) is 4.34. The summed E-state index contributed by atoms with van der Waals surface area (Å²) >= 11 is 3.07. The second-order valence-corrected chi connectivity index (χ2v) is 5.30. The van der Waals surface area contributed by atoms with E-state index >= 15 is 0 Å². The molecule has 0 aromatic heterocycles. The van der Waals surface area contributed by atoms with Crippen LogP contribution in [0.1, 0.15) is 22.7 Å². The lowest BCUT2D eigenvalue weighted by atomic mass is 9.97. The molecule has 7 heteroatoms. The minimum Gasteiger partial charge on any atom is -0.320 e. The first kappa shape index (κ1) is 15.9. The molecule has 0 saturated carbocycles. The lowest BCUT2D eigenvalue weighted by Crippen LogP contribution is -2.16. The number of rotatable bonds is 2. The number of hydrogen-bond acceptors (Lipinski definition) is 1. The van der Waals surface area contributed by atoms with Crippen LogP contribution in [-0.2, 0) is 6.18 Å². The van der Waals surface area contributed by atoms with E-state index in [9.17, 15) is 22.0 Å². The predicted octanol–water partition coefficient (Wildman–Crippen LogP) is 4.79. The van der Waals surface area contributed by atoms with Crippen LogP contribution >= 0.6 is 15.9 Å². The molecule has 2 aromatic carbocycles. The lowest BCUT2D eigenvalue weighted by Gasteiger charge is -2.16. The molecule has 2 aromatic rings. The van der Waals surface area contributed by atoms with Gasteiger partial charge in [-0.3, -0.25) is 0 Å². The highest BCUT2D eigenvalue weighted by atomic mass is 79.9. The quantitative estimate of drug-likeness (QED) is 0.760. The smallest absolute Gasteiger partial charge is 0.320 e. The van der Waals surface area contributed by atoms with Gasteiger partial charge in [-0.2, -0.15) is 13.2 Å². The van der Waals surface area contributed by atoms with E-state index in [1.165, 1.54) is 12.1 Å². The van der Waals surface area contributed by atoms with E-state index in [0.717, 1.165) is 12.1 Å². The molecule has 2 N–H and O–H groups in total. The van der Waals surface area contributed by atoms with Gasteiger partial charge in [-0.05, 0) is 29.8 Å². The van der Waals surface area contributed by atoms with Crippen LogP contribution in [-0.4, -0.2) is 0 Å². The Morgan fingerprint density at radius 1 is 0.952 bits per heavy atom. The van der Waals surface area contributed by atoms with Gasteiger partial charge in [-0.1, -0.05) is 28.1 Å². The van der Waals surface area contributed by atoms with Crippen LogP contribution in [0.4, 0.5) is 22.0 Å². The van der Waals surface area contributed by atoms with Gasteiger partial charge in [0.1, 0.15) is 11.6 Å². The summed E-state index contributed by atoms with van der Waals surface area (Å²) < 4.78 is 65.5. The molecule has 1 nitrogen and oxygen atoms in total. The normalized spacial score (nSPS) is 13.3. The van der Waals surface area contributed by atoms with Crippen molar-refractivity contribution < 1.29 is 22.0 Å². The van der Waals surface area contributed by atoms with Crippen LogP contribution in [0.25, 0.3) is 0 Å². The first-order valence-corrected chi connectivity index (χ1v) is 6.56. The standard InChI is InChI=1S/C14H9BrF5N/c15-8-2-3-9(12(17)6-8)13(21)7-1-4-11(16)10(5-7)14(18,19)20/h1-6,13H,21H2. The Morgan fingerprint density at radius 3 is 2.19 bits per heavy atom. The molecule has 112 valence electrons. The van der Waals surface area contributed by atoms with Gasteiger partial charge < -0.3 is 5.73 Å². The third kappa shape index (κ3) is 3.41. The van der Waals surface area contributed by atoms with Crippen molar-refractivity contribution in [1.29, 1.82) is 0 Å². The molecule has 0 radical (unpaired) electrons. The van der Waals surface area contributed by atoms with Gasteiger partial charge in [0.15, 0.2) is 0 Å². The Morgan fingerprint density at radius 2 is 1.62 bits per heavy atom. The average Bonchev–Trinajstić information content (AvgIpc) is 2.37. The maximum atomic E-state index is 13.8. The number of nitrogens with two attached hydrogens (primary N) is 1. The van der Waals surface area contributed by atoms with E-state index in [0.29, 0.717) is 16.6 Å². The largest absolute Gasteiger partial charge is 0.419 e. The number of benzene rings is 2. The monoisotopic (exact) mass is 365 g/mol. The summed E-state index contributed by atoms with van der Waals surface area (Å²) in [6, 6.07) is 5.29. The molecule has 0 amide bonds. The van der Waals surface area contributed by atoms with Crippen molar-refractivity contribution in [2.75, 3.05) is 0 Å². The first-order valence-electron chi connectivity index (χ1n) is 5.77. The molecule has 0 aliphatic heterocycles. The van der Waals surface area contributed by atoms with Crippen LogP contribution in [0.15, 0.2) is 40.9 Å². The van der Waals surface area contributed by atoms with E-state index in [-0.39, 0.29) is 11.1 Å². The highest BCUT2D eigenvalue weighted by molar-refractivity contribution is 9.10. The van der Waals surface area contributed by atoms with E-state index in [4.69, 9.17) is 5.73 Å². The Hall–Kier alpha value is -1.47. The molecule has 0 fully saturated rings. The lowest BCUT2D eigenvalue weighted by molar-refractivity contribution is -0.140. The van der Waals surface area contributed by atoms with Crippen molar-refractivity contribution in [2.24, 2.45) is 5.73 Å². The summed E-state index contributed by atoms with van der Waals surface area (Å²) in [5.74, 6) is -2.05. The maximum Gasteiger partial charge on any atom is 0.419 e. The van der Waals surface area contributed by atoms with Crippen molar-refractivity contribution in [3.05, 3.63) is 69.2 Å². The Balaban J connectivity index is 2.46. The van der Waals surface area contributed by atoms with Gasteiger partial charge in [0.05, 0.1) is 11.6 Å². The second-order valence-electron chi connectivity index (χ2n) is 4.38. The minimum absolute atomic E-state index is 0.0232. The summed E-state index contributed by atoms with van der Waals surface area (Å²) in [6.07, 6.45) is -4.84. The zero-order chi connectivity index (χ0) is 15.8. The fraction of sp³-hybridized carbons (Fsp3) is 0.143. The molecule has 0 saturated heterocycles. The predicted molar refractivity (Wildman–Crippen MR) is 71.5 cm³/mol. The Labute approximate surface area is 125 Å². The van der Waals surface area contributed by atoms with E-state index in [1.807, 2.05) is 0 Å². The summed E-state index contributed by atoms with van der Waals surface area (Å²) in [4.78, 5) is 0. The van der Waals surface area contributed by atoms with Gasteiger partial charge in [0.2, 0.25) is 0 Å². The molecule has 0 aliphatic rings. The molecule has 0 heterocycles. The highest BCUT2D eigenvalue weighted by Gasteiger charge is 2.34. The molecule has 2 rings (SSSR count). The average molecular weight is 366 g/mol. The highest BCUT2D eigenvalue weighted by Crippen LogP contribution is 2.34. The number of halogens is 6. The zero-order valence-electron chi connectivity index (χ0n) is 10.4. The topological polar surface area (TPSA) is 26.0 Å². The molecule has 21 heavy (non-hydrogen) atoms. The van der Waals surface area contributed by atoms with E-state index in [1.54, 1.807) is 0 Å².